The van der Waals surface area contributed by atoms with Crippen LogP contribution in [0.2, 0.25) is 0 Å². The maximum atomic E-state index is 12.4. The second kappa shape index (κ2) is 8.05. The fourth-order valence-corrected chi connectivity index (χ4v) is 7.79. The Bertz CT molecular complexity index is 1640. The predicted octanol–water partition coefficient (Wildman–Crippen LogP) is 4.24. The average Bonchev–Trinajstić information content (AvgIpc) is 2.93. The van der Waals surface area contributed by atoms with E-state index in [4.69, 9.17) is 4.74 Å². The molecule has 0 saturated heterocycles. The first-order chi connectivity index (χ1) is 18.2. The van der Waals surface area contributed by atoms with Gasteiger partial charge in [-0.05, 0) is 68.7 Å². The van der Waals surface area contributed by atoms with Crippen molar-refractivity contribution in [3.05, 3.63) is 85.4 Å². The minimum atomic E-state index is 0.764. The van der Waals surface area contributed by atoms with E-state index in [0.717, 1.165) is 80.8 Å². The van der Waals surface area contributed by atoms with Gasteiger partial charge in [-0.25, -0.2) is 4.58 Å². The van der Waals surface area contributed by atoms with Crippen molar-refractivity contribution in [1.29, 1.82) is 0 Å². The number of hydrogen-bond donors (Lipinski definition) is 0. The molecule has 5 heterocycles. The number of nitrogens with zero attached hydrogens (tertiary/aromatic N) is 2. The van der Waals surface area contributed by atoms with Crippen LogP contribution < -0.4 is 24.8 Å². The predicted molar refractivity (Wildman–Crippen MR) is 147 cm³/mol. The molecule has 5 aliphatic rings. The van der Waals surface area contributed by atoms with Crippen molar-refractivity contribution in [3.8, 4) is 11.5 Å². The first kappa shape index (κ1) is 21.7. The van der Waals surface area contributed by atoms with Crippen LogP contribution in [-0.4, -0.2) is 32.5 Å². The molecule has 0 fully saturated rings. The van der Waals surface area contributed by atoms with E-state index in [1.807, 2.05) is 6.07 Å². The number of benzene rings is 3. The lowest BCUT2D eigenvalue weighted by Gasteiger charge is -2.39. The quantitative estimate of drug-likeness (QED) is 0.312. The Labute approximate surface area is 217 Å². The zero-order chi connectivity index (χ0) is 24.7. The van der Waals surface area contributed by atoms with Crippen LogP contribution >= 0.6 is 0 Å². The largest absolute Gasteiger partial charge is 0.455 e. The van der Waals surface area contributed by atoms with Gasteiger partial charge in [0.25, 0.3) is 0 Å². The van der Waals surface area contributed by atoms with Crippen molar-refractivity contribution in [1.82, 2.24) is 4.58 Å². The molecule has 0 atom stereocenters. The number of aryl methyl sites for hydroxylation is 3. The van der Waals surface area contributed by atoms with Crippen molar-refractivity contribution in [3.63, 3.8) is 0 Å². The molecular formula is C33H33N2O2+. The van der Waals surface area contributed by atoms with Crippen molar-refractivity contribution in [2.75, 3.05) is 31.1 Å². The van der Waals surface area contributed by atoms with Crippen LogP contribution in [0.3, 0.4) is 0 Å². The molecule has 37 heavy (non-hydrogen) atoms. The van der Waals surface area contributed by atoms with Gasteiger partial charge in [0.05, 0.1) is 5.56 Å². The topological polar surface area (TPSA) is 32.5 Å². The molecule has 0 N–H and O–H groups in total. The molecular weight excluding hydrogens is 456 g/mol. The van der Waals surface area contributed by atoms with E-state index in [1.54, 1.807) is 0 Å². The third-order valence-corrected chi connectivity index (χ3v) is 9.29. The van der Waals surface area contributed by atoms with Gasteiger partial charge >= 0.3 is 0 Å². The summed E-state index contributed by atoms with van der Waals surface area (Å²) in [4.78, 5) is 15.0. The third kappa shape index (κ3) is 3.08. The Kier molecular flexibility index (Phi) is 4.71. The Balaban J connectivity index is 1.55. The highest BCUT2D eigenvalue weighted by Crippen LogP contribution is 2.48. The first-order valence-corrected chi connectivity index (χ1v) is 14.2. The van der Waals surface area contributed by atoms with Crippen LogP contribution in [0.4, 0.5) is 5.69 Å². The van der Waals surface area contributed by atoms with Crippen molar-refractivity contribution in [2.24, 2.45) is 0 Å². The number of hydrogen-bond acceptors (Lipinski definition) is 3. The molecule has 0 radical (unpaired) electrons. The molecule has 8 rings (SSSR count). The van der Waals surface area contributed by atoms with Crippen molar-refractivity contribution < 1.29 is 9.53 Å². The summed E-state index contributed by atoms with van der Waals surface area (Å²) in [5.74, 6) is 2.10. The maximum Gasteiger partial charge on any atom is 0.210 e. The molecule has 0 saturated carbocycles. The van der Waals surface area contributed by atoms with Gasteiger partial charge in [0.15, 0.2) is 6.29 Å². The summed E-state index contributed by atoms with van der Waals surface area (Å²) in [6, 6.07) is 11.1. The van der Waals surface area contributed by atoms with Crippen LogP contribution in [-0.2, 0) is 25.7 Å². The number of carbonyl (C=O) groups is 1. The summed E-state index contributed by atoms with van der Waals surface area (Å²) in [6.07, 6.45) is 10.1. The molecule has 5 aliphatic heterocycles. The van der Waals surface area contributed by atoms with Crippen LogP contribution in [0.5, 0.6) is 11.5 Å². The number of fused-ring (bicyclic) bond motifs is 4. The van der Waals surface area contributed by atoms with Crippen LogP contribution in [0, 0.1) is 6.92 Å². The molecule has 4 heteroatoms. The van der Waals surface area contributed by atoms with Crippen molar-refractivity contribution >= 4 is 17.5 Å². The van der Waals surface area contributed by atoms with E-state index in [2.05, 4.69) is 40.7 Å². The number of aldehydes is 1. The smallest absolute Gasteiger partial charge is 0.210 e. The Morgan fingerprint density at radius 1 is 0.838 bits per heavy atom. The summed E-state index contributed by atoms with van der Waals surface area (Å²) in [5.41, 5.74) is 12.5. The summed E-state index contributed by atoms with van der Waals surface area (Å²) in [7, 11) is 0. The molecule has 0 amide bonds. The Morgan fingerprint density at radius 2 is 1.62 bits per heavy atom. The van der Waals surface area contributed by atoms with Crippen molar-refractivity contribution in [2.45, 2.75) is 58.3 Å². The SMILES string of the molecule is Cc1ccc(C=O)c(C2=c3cc4c5c(c3Oc3c2cc2c6c3CCCN6CCC2)CCC[N+]=5CCC4)c1. The standard InChI is InChI=1S/C33H33N2O2/c1-20-10-11-23(19-36)26(16-20)29-27-17-21-6-2-12-34-14-4-8-24(30(21)34)32(27)37-33-25-9-5-15-35-13-3-7-22(31(25)35)18-28(29)33/h10-11,16-19H,2-9,12-15H2,1H3/q+1. The average molecular weight is 490 g/mol. The summed E-state index contributed by atoms with van der Waals surface area (Å²) in [6.45, 7) is 6.71. The Hall–Kier alpha value is -3.40. The summed E-state index contributed by atoms with van der Waals surface area (Å²) in [5, 5.41) is 2.63. The number of rotatable bonds is 2. The molecule has 0 aromatic heterocycles. The molecule has 3 aromatic rings. The van der Waals surface area contributed by atoms with Crippen LogP contribution in [0.15, 0.2) is 30.3 Å². The monoisotopic (exact) mass is 489 g/mol. The fraction of sp³-hybridized carbons (Fsp3) is 0.394. The van der Waals surface area contributed by atoms with Gasteiger partial charge in [0.1, 0.15) is 24.6 Å². The molecule has 0 unspecified atom stereocenters. The van der Waals surface area contributed by atoms with Gasteiger partial charge in [0.2, 0.25) is 5.36 Å². The van der Waals surface area contributed by atoms with E-state index < -0.39 is 0 Å². The van der Waals surface area contributed by atoms with E-state index in [0.29, 0.717) is 0 Å². The molecule has 0 spiro atoms. The molecule has 0 aliphatic carbocycles. The van der Waals surface area contributed by atoms with Gasteiger partial charge in [-0.15, -0.1) is 0 Å². The van der Waals surface area contributed by atoms with E-state index >= 15 is 0 Å². The molecule has 4 nitrogen and oxygen atoms in total. The number of carbonyl (C=O) groups excluding carboxylic acids is 1. The highest BCUT2D eigenvalue weighted by molar-refractivity contribution is 5.95. The Morgan fingerprint density at radius 3 is 2.49 bits per heavy atom. The first-order valence-electron chi connectivity index (χ1n) is 14.2. The summed E-state index contributed by atoms with van der Waals surface area (Å²) >= 11 is 0. The molecule has 3 aromatic carbocycles. The van der Waals surface area contributed by atoms with Gasteiger partial charge in [-0.3, -0.25) is 4.79 Å². The zero-order valence-corrected chi connectivity index (χ0v) is 21.7. The van der Waals surface area contributed by atoms with Gasteiger partial charge in [-0.1, -0.05) is 23.8 Å². The number of anilines is 1. The minimum Gasteiger partial charge on any atom is -0.455 e. The highest BCUT2D eigenvalue weighted by Gasteiger charge is 2.35. The van der Waals surface area contributed by atoms with Gasteiger partial charge < -0.3 is 9.64 Å². The molecule has 186 valence electrons. The highest BCUT2D eigenvalue weighted by atomic mass is 16.5. The normalized spacial score (nSPS) is 18.9. The number of ether oxygens (including phenoxy) is 1. The van der Waals surface area contributed by atoms with Crippen LogP contribution in [0.25, 0.3) is 5.57 Å². The summed E-state index contributed by atoms with van der Waals surface area (Å²) < 4.78 is 9.71. The van der Waals surface area contributed by atoms with Crippen LogP contribution in [0.1, 0.15) is 75.0 Å². The third-order valence-electron chi connectivity index (χ3n) is 9.29. The lowest BCUT2D eigenvalue weighted by atomic mass is 9.81. The minimum absolute atomic E-state index is 0.764. The van der Waals surface area contributed by atoms with Gasteiger partial charge in [-0.2, -0.15) is 0 Å². The van der Waals surface area contributed by atoms with E-state index in [9.17, 15) is 4.79 Å². The molecule has 0 bridgehead atoms. The lowest BCUT2D eigenvalue weighted by molar-refractivity contribution is 0.112. The second-order valence-electron chi connectivity index (χ2n) is 11.6. The van der Waals surface area contributed by atoms with E-state index in [1.165, 1.54) is 80.9 Å². The maximum absolute atomic E-state index is 12.4. The van der Waals surface area contributed by atoms with E-state index in [-0.39, 0.29) is 0 Å². The zero-order valence-electron chi connectivity index (χ0n) is 21.7. The second-order valence-corrected chi connectivity index (χ2v) is 11.6. The van der Waals surface area contributed by atoms with Gasteiger partial charge in [0, 0.05) is 64.7 Å². The fourth-order valence-electron chi connectivity index (χ4n) is 7.79. The lowest BCUT2D eigenvalue weighted by Crippen LogP contribution is -2.45.